The number of hydrogen-bond acceptors (Lipinski definition) is 6. The van der Waals surface area contributed by atoms with E-state index in [0.29, 0.717) is 28.0 Å². The molecule has 0 radical (unpaired) electrons. The van der Waals surface area contributed by atoms with Crippen molar-refractivity contribution in [1.29, 1.82) is 0 Å². The predicted octanol–water partition coefficient (Wildman–Crippen LogP) is 3.24. The molecule has 0 N–H and O–H groups in total. The number of rotatable bonds is 5. The number of nitrogens with zero attached hydrogens (tertiary/aromatic N) is 3. The van der Waals surface area contributed by atoms with Gasteiger partial charge in [-0.2, -0.15) is 9.29 Å². The lowest BCUT2D eigenvalue weighted by Gasteiger charge is -2.17. The van der Waals surface area contributed by atoms with Crippen molar-refractivity contribution < 1.29 is 12.9 Å². The zero-order valence-electron chi connectivity index (χ0n) is 13.6. The van der Waals surface area contributed by atoms with Crippen molar-refractivity contribution in [3.05, 3.63) is 52.7 Å². The Bertz CT molecular complexity index is 946. The average Bonchev–Trinajstić information content (AvgIpc) is 3.14. The Hall–Kier alpha value is -2.03. The highest BCUT2D eigenvalue weighted by molar-refractivity contribution is 7.89. The summed E-state index contributed by atoms with van der Waals surface area (Å²) in [4.78, 5) is 5.81. The molecule has 6 nitrogen and oxygen atoms in total. The second-order valence-electron chi connectivity index (χ2n) is 5.41. The molecular formula is C16H17N3O3S2. The van der Waals surface area contributed by atoms with Crippen molar-refractivity contribution in [2.45, 2.75) is 25.3 Å². The van der Waals surface area contributed by atoms with Crippen LogP contribution in [-0.4, -0.2) is 29.9 Å². The SMILES string of the molecule is Cc1nc(-c2cc(S(=O)(=O)N(C)Cc3ccccc3)c(C)s2)no1. The van der Waals surface area contributed by atoms with Gasteiger partial charge in [-0.25, -0.2) is 8.42 Å². The van der Waals surface area contributed by atoms with Gasteiger partial charge in [0.2, 0.25) is 21.7 Å². The second-order valence-corrected chi connectivity index (χ2v) is 8.68. The van der Waals surface area contributed by atoms with E-state index in [1.165, 1.54) is 15.6 Å². The molecule has 0 fully saturated rings. The van der Waals surface area contributed by atoms with E-state index in [4.69, 9.17) is 4.52 Å². The van der Waals surface area contributed by atoms with E-state index < -0.39 is 10.0 Å². The minimum absolute atomic E-state index is 0.281. The first-order valence-corrected chi connectivity index (χ1v) is 9.55. The lowest BCUT2D eigenvalue weighted by molar-refractivity contribution is 0.394. The van der Waals surface area contributed by atoms with Crippen LogP contribution in [0.4, 0.5) is 0 Å². The molecule has 0 saturated carbocycles. The molecule has 126 valence electrons. The van der Waals surface area contributed by atoms with Gasteiger partial charge in [0.1, 0.15) is 0 Å². The normalized spacial score (nSPS) is 12.0. The highest BCUT2D eigenvalue weighted by Gasteiger charge is 2.26. The number of hydrogen-bond donors (Lipinski definition) is 0. The Labute approximate surface area is 144 Å². The zero-order chi connectivity index (χ0) is 17.3. The summed E-state index contributed by atoms with van der Waals surface area (Å²) in [6, 6.07) is 11.1. The minimum atomic E-state index is -3.59. The van der Waals surface area contributed by atoms with Gasteiger partial charge in [-0.05, 0) is 18.6 Å². The van der Waals surface area contributed by atoms with Gasteiger partial charge in [0.15, 0.2) is 0 Å². The Morgan fingerprint density at radius 3 is 2.54 bits per heavy atom. The molecule has 0 spiro atoms. The maximum absolute atomic E-state index is 12.9. The van der Waals surface area contributed by atoms with Crippen LogP contribution in [0.5, 0.6) is 0 Å². The maximum Gasteiger partial charge on any atom is 0.244 e. The molecule has 24 heavy (non-hydrogen) atoms. The molecule has 0 atom stereocenters. The molecule has 3 rings (SSSR count). The molecule has 0 unspecified atom stereocenters. The van der Waals surface area contributed by atoms with E-state index in [1.807, 2.05) is 30.3 Å². The van der Waals surface area contributed by atoms with Crippen LogP contribution < -0.4 is 0 Å². The summed E-state index contributed by atoms with van der Waals surface area (Å²) in [5, 5.41) is 3.85. The fourth-order valence-electron chi connectivity index (χ4n) is 2.32. The standard InChI is InChI=1S/C16H17N3O3S2/c1-11-15(9-14(23-11)16-17-12(2)22-18-16)24(20,21)19(3)10-13-7-5-4-6-8-13/h4-9H,10H2,1-3H3. The van der Waals surface area contributed by atoms with Gasteiger partial charge in [0.25, 0.3) is 0 Å². The second kappa shape index (κ2) is 6.46. The topological polar surface area (TPSA) is 76.3 Å². The Kier molecular flexibility index (Phi) is 4.53. The first-order valence-electron chi connectivity index (χ1n) is 7.29. The Morgan fingerprint density at radius 1 is 1.21 bits per heavy atom. The number of thiophene rings is 1. The fourth-order valence-corrected chi connectivity index (χ4v) is 4.97. The van der Waals surface area contributed by atoms with Gasteiger partial charge < -0.3 is 4.52 Å². The molecule has 0 aliphatic heterocycles. The van der Waals surface area contributed by atoms with Gasteiger partial charge in [-0.3, -0.25) is 0 Å². The Morgan fingerprint density at radius 2 is 1.92 bits per heavy atom. The molecular weight excluding hydrogens is 346 g/mol. The fraction of sp³-hybridized carbons (Fsp3) is 0.250. The molecule has 2 aromatic heterocycles. The van der Waals surface area contributed by atoms with Crippen LogP contribution >= 0.6 is 11.3 Å². The van der Waals surface area contributed by atoms with E-state index >= 15 is 0 Å². The van der Waals surface area contributed by atoms with Crippen LogP contribution in [0.25, 0.3) is 10.7 Å². The average molecular weight is 363 g/mol. The summed E-state index contributed by atoms with van der Waals surface area (Å²) in [5.74, 6) is 0.856. The van der Waals surface area contributed by atoms with Crippen molar-refractivity contribution >= 4 is 21.4 Å². The van der Waals surface area contributed by atoms with E-state index in [1.54, 1.807) is 27.0 Å². The number of sulfonamides is 1. The monoisotopic (exact) mass is 363 g/mol. The van der Waals surface area contributed by atoms with Crippen molar-refractivity contribution in [3.8, 4) is 10.7 Å². The molecule has 0 bridgehead atoms. The molecule has 0 aliphatic rings. The van der Waals surface area contributed by atoms with Crippen LogP contribution in [0, 0.1) is 13.8 Å². The van der Waals surface area contributed by atoms with Gasteiger partial charge in [-0.1, -0.05) is 35.5 Å². The van der Waals surface area contributed by atoms with Crippen molar-refractivity contribution in [2.75, 3.05) is 7.05 Å². The smallest absolute Gasteiger partial charge is 0.244 e. The third kappa shape index (κ3) is 3.26. The van der Waals surface area contributed by atoms with Crippen LogP contribution in [-0.2, 0) is 16.6 Å². The molecule has 3 aromatic rings. The number of aromatic nitrogens is 2. The third-order valence-corrected chi connectivity index (χ3v) is 6.66. The molecule has 2 heterocycles. The summed E-state index contributed by atoms with van der Waals surface area (Å²) in [7, 11) is -2.01. The van der Waals surface area contributed by atoms with E-state index in [0.717, 1.165) is 5.56 Å². The summed E-state index contributed by atoms with van der Waals surface area (Å²) >= 11 is 1.34. The highest BCUT2D eigenvalue weighted by Crippen LogP contribution is 2.33. The maximum atomic E-state index is 12.9. The van der Waals surface area contributed by atoms with Crippen LogP contribution in [0.1, 0.15) is 16.3 Å². The van der Waals surface area contributed by atoms with E-state index in [-0.39, 0.29) is 4.90 Å². The summed E-state index contributed by atoms with van der Waals surface area (Å²) < 4.78 is 32.1. The zero-order valence-corrected chi connectivity index (χ0v) is 15.2. The van der Waals surface area contributed by atoms with Crippen molar-refractivity contribution in [1.82, 2.24) is 14.4 Å². The largest absolute Gasteiger partial charge is 0.339 e. The van der Waals surface area contributed by atoms with E-state index in [2.05, 4.69) is 10.1 Å². The molecule has 0 amide bonds. The van der Waals surface area contributed by atoms with Gasteiger partial charge in [0.05, 0.1) is 9.77 Å². The number of benzene rings is 1. The van der Waals surface area contributed by atoms with Crippen molar-refractivity contribution in [2.24, 2.45) is 0 Å². The summed E-state index contributed by atoms with van der Waals surface area (Å²) in [6.07, 6.45) is 0. The molecule has 0 saturated heterocycles. The third-order valence-electron chi connectivity index (χ3n) is 3.56. The minimum Gasteiger partial charge on any atom is -0.339 e. The van der Waals surface area contributed by atoms with E-state index in [9.17, 15) is 8.42 Å². The molecule has 8 heteroatoms. The van der Waals surface area contributed by atoms with Crippen LogP contribution in [0.15, 0.2) is 45.8 Å². The molecule has 0 aliphatic carbocycles. The first-order chi connectivity index (χ1) is 11.4. The predicted molar refractivity (Wildman–Crippen MR) is 92.2 cm³/mol. The van der Waals surface area contributed by atoms with Gasteiger partial charge in [-0.15, -0.1) is 11.3 Å². The highest BCUT2D eigenvalue weighted by atomic mass is 32.2. The molecule has 1 aromatic carbocycles. The quantitative estimate of drug-likeness (QED) is 0.695. The first kappa shape index (κ1) is 16.8. The van der Waals surface area contributed by atoms with Crippen LogP contribution in [0.2, 0.25) is 0 Å². The lowest BCUT2D eigenvalue weighted by Crippen LogP contribution is -2.26. The summed E-state index contributed by atoms with van der Waals surface area (Å²) in [6.45, 7) is 3.79. The van der Waals surface area contributed by atoms with Crippen LogP contribution in [0.3, 0.4) is 0 Å². The van der Waals surface area contributed by atoms with Gasteiger partial charge >= 0.3 is 0 Å². The lowest BCUT2D eigenvalue weighted by atomic mass is 10.2. The van der Waals surface area contributed by atoms with Gasteiger partial charge in [0, 0.05) is 25.4 Å². The Balaban J connectivity index is 1.91. The number of aryl methyl sites for hydroxylation is 2. The summed E-state index contributed by atoms with van der Waals surface area (Å²) in [5.41, 5.74) is 0.936. The van der Waals surface area contributed by atoms with Crippen molar-refractivity contribution in [3.63, 3.8) is 0 Å².